The number of hydrogen-bond donors (Lipinski definition) is 0. The van der Waals surface area contributed by atoms with E-state index in [4.69, 9.17) is 4.98 Å². The molecule has 1 heterocycles. The second kappa shape index (κ2) is 24.7. The van der Waals surface area contributed by atoms with Gasteiger partial charge in [-0.15, -0.1) is 0 Å². The van der Waals surface area contributed by atoms with Gasteiger partial charge in [-0.2, -0.15) is 0 Å². The Kier molecular flexibility index (Phi) is 22.6. The quantitative estimate of drug-likeness (QED) is 0.122. The molecule has 204 valence electrons. The van der Waals surface area contributed by atoms with Crippen molar-refractivity contribution < 1.29 is 0 Å². The van der Waals surface area contributed by atoms with Crippen molar-refractivity contribution in [3.63, 3.8) is 0 Å². The van der Waals surface area contributed by atoms with Crippen molar-refractivity contribution in [1.82, 2.24) is 15.0 Å². The van der Waals surface area contributed by atoms with Crippen LogP contribution < -0.4 is 0 Å². The summed E-state index contributed by atoms with van der Waals surface area (Å²) in [6.45, 7) is 6.61. The van der Waals surface area contributed by atoms with Crippen molar-refractivity contribution in [3.8, 4) is 0 Å². The third kappa shape index (κ3) is 20.9. The van der Waals surface area contributed by atoms with E-state index >= 15 is 0 Å². The minimum absolute atomic E-state index is 0.905. The van der Waals surface area contributed by atoms with Crippen molar-refractivity contribution >= 4 is 0 Å². The first-order valence-electron chi connectivity index (χ1n) is 16.0. The first kappa shape index (κ1) is 32.0. The largest absolute Gasteiger partial charge is 0.218 e. The third-order valence-corrected chi connectivity index (χ3v) is 7.35. The Morgan fingerprint density at radius 1 is 0.343 bits per heavy atom. The molecule has 0 radical (unpaired) electrons. The van der Waals surface area contributed by atoms with Gasteiger partial charge in [-0.25, -0.2) is 15.0 Å². The van der Waals surface area contributed by atoms with Crippen LogP contribution in [-0.2, 0) is 12.8 Å². The minimum atomic E-state index is 0.905. The van der Waals surface area contributed by atoms with E-state index in [0.717, 1.165) is 30.3 Å². The standard InChI is InChI=1S/C32H61N3/c1-4-6-8-10-12-14-16-18-20-22-24-26-28-31-33-30(3)34-32(35-31)29-27-25-23-21-19-17-15-13-11-9-7-5-2/h4-29H2,1-3H3. The fraction of sp³-hybridized carbons (Fsp3) is 0.906. The molecule has 0 bridgehead atoms. The van der Waals surface area contributed by atoms with Gasteiger partial charge in [0, 0.05) is 12.8 Å². The third-order valence-electron chi connectivity index (χ3n) is 7.35. The van der Waals surface area contributed by atoms with Crippen LogP contribution in [0.1, 0.15) is 185 Å². The van der Waals surface area contributed by atoms with Gasteiger partial charge in [0.25, 0.3) is 0 Å². The zero-order valence-corrected chi connectivity index (χ0v) is 24.2. The Hall–Kier alpha value is -0.990. The van der Waals surface area contributed by atoms with E-state index < -0.39 is 0 Å². The minimum Gasteiger partial charge on any atom is -0.218 e. The van der Waals surface area contributed by atoms with Gasteiger partial charge in [0.05, 0.1) is 0 Å². The number of unbranched alkanes of at least 4 members (excludes halogenated alkanes) is 22. The molecule has 0 N–H and O–H groups in total. The fourth-order valence-corrected chi connectivity index (χ4v) is 5.07. The molecule has 1 aromatic heterocycles. The van der Waals surface area contributed by atoms with Gasteiger partial charge in [-0.3, -0.25) is 0 Å². The molecule has 1 rings (SSSR count). The average molecular weight is 488 g/mol. The smallest absolute Gasteiger partial charge is 0.132 e. The second-order valence-corrected chi connectivity index (χ2v) is 11.0. The lowest BCUT2D eigenvalue weighted by Gasteiger charge is -2.06. The molecule has 0 fully saturated rings. The van der Waals surface area contributed by atoms with E-state index in [-0.39, 0.29) is 0 Å². The van der Waals surface area contributed by atoms with E-state index in [9.17, 15) is 0 Å². The monoisotopic (exact) mass is 487 g/mol. The molecule has 0 saturated carbocycles. The Morgan fingerprint density at radius 3 is 0.886 bits per heavy atom. The van der Waals surface area contributed by atoms with Gasteiger partial charge in [0.1, 0.15) is 17.5 Å². The van der Waals surface area contributed by atoms with Crippen LogP contribution in [0, 0.1) is 6.92 Å². The summed E-state index contributed by atoms with van der Waals surface area (Å²) < 4.78 is 0. The first-order chi connectivity index (χ1) is 17.3. The highest BCUT2D eigenvalue weighted by molar-refractivity contribution is 4.96. The van der Waals surface area contributed by atoms with Crippen LogP contribution in [0.3, 0.4) is 0 Å². The van der Waals surface area contributed by atoms with Crippen LogP contribution in [0.5, 0.6) is 0 Å². The van der Waals surface area contributed by atoms with Crippen LogP contribution >= 0.6 is 0 Å². The first-order valence-corrected chi connectivity index (χ1v) is 16.0. The van der Waals surface area contributed by atoms with E-state index in [1.165, 1.54) is 154 Å². The molecule has 0 saturated heterocycles. The van der Waals surface area contributed by atoms with Crippen LogP contribution in [-0.4, -0.2) is 15.0 Å². The lowest BCUT2D eigenvalue weighted by molar-refractivity contribution is 0.539. The summed E-state index contributed by atoms with van der Waals surface area (Å²) >= 11 is 0. The van der Waals surface area contributed by atoms with E-state index in [0.29, 0.717) is 0 Å². The van der Waals surface area contributed by atoms with Crippen LogP contribution in [0.4, 0.5) is 0 Å². The van der Waals surface area contributed by atoms with E-state index in [1.54, 1.807) is 0 Å². The predicted octanol–water partition coefficient (Wildman–Crippen LogP) is 10.7. The Balaban J connectivity index is 1.99. The van der Waals surface area contributed by atoms with Crippen molar-refractivity contribution in [3.05, 3.63) is 17.5 Å². The Bertz CT molecular complexity index is 526. The Morgan fingerprint density at radius 2 is 0.600 bits per heavy atom. The lowest BCUT2D eigenvalue weighted by Crippen LogP contribution is -2.06. The highest BCUT2D eigenvalue weighted by Gasteiger charge is 2.05. The maximum absolute atomic E-state index is 4.79. The maximum Gasteiger partial charge on any atom is 0.132 e. The molecule has 0 spiro atoms. The number of aromatic nitrogens is 3. The second-order valence-electron chi connectivity index (χ2n) is 11.0. The summed E-state index contributed by atoms with van der Waals surface area (Å²) in [7, 11) is 0. The van der Waals surface area contributed by atoms with Crippen molar-refractivity contribution in [2.75, 3.05) is 0 Å². The summed E-state index contributed by atoms with van der Waals surface area (Å²) in [6.07, 6.45) is 35.4. The van der Waals surface area contributed by atoms with E-state index in [1.807, 2.05) is 6.92 Å². The van der Waals surface area contributed by atoms with Gasteiger partial charge < -0.3 is 0 Å². The van der Waals surface area contributed by atoms with Gasteiger partial charge in [-0.1, -0.05) is 155 Å². The molecular formula is C32H61N3. The molecule has 0 atom stereocenters. The number of aryl methyl sites for hydroxylation is 3. The highest BCUT2D eigenvalue weighted by atomic mass is 15.0. The van der Waals surface area contributed by atoms with Crippen molar-refractivity contribution in [2.24, 2.45) is 0 Å². The highest BCUT2D eigenvalue weighted by Crippen LogP contribution is 2.14. The fourth-order valence-electron chi connectivity index (χ4n) is 5.07. The molecule has 3 heteroatoms. The molecule has 0 unspecified atom stereocenters. The topological polar surface area (TPSA) is 38.7 Å². The molecule has 0 aromatic carbocycles. The van der Waals surface area contributed by atoms with Crippen LogP contribution in [0.2, 0.25) is 0 Å². The molecular weight excluding hydrogens is 426 g/mol. The Labute approximate surface area is 220 Å². The SMILES string of the molecule is CCCCCCCCCCCCCCc1nc(C)nc(CCCCCCCCCCCCCC)n1. The normalized spacial score (nSPS) is 11.4. The molecule has 0 amide bonds. The summed E-state index contributed by atoms with van der Waals surface area (Å²) in [5.74, 6) is 2.96. The average Bonchev–Trinajstić information content (AvgIpc) is 2.85. The zero-order chi connectivity index (χ0) is 25.2. The lowest BCUT2D eigenvalue weighted by atomic mass is 10.0. The summed E-state index contributed by atoms with van der Waals surface area (Å²) in [5, 5.41) is 0. The van der Waals surface area contributed by atoms with Gasteiger partial charge in [0.2, 0.25) is 0 Å². The van der Waals surface area contributed by atoms with Crippen LogP contribution in [0.25, 0.3) is 0 Å². The predicted molar refractivity (Wildman–Crippen MR) is 154 cm³/mol. The van der Waals surface area contributed by atoms with Gasteiger partial charge >= 0.3 is 0 Å². The number of hydrogen-bond acceptors (Lipinski definition) is 3. The van der Waals surface area contributed by atoms with Crippen molar-refractivity contribution in [1.29, 1.82) is 0 Å². The summed E-state index contributed by atoms with van der Waals surface area (Å²) in [6, 6.07) is 0. The number of nitrogens with zero attached hydrogens (tertiary/aromatic N) is 3. The summed E-state index contributed by atoms with van der Waals surface area (Å²) in [4.78, 5) is 14.0. The van der Waals surface area contributed by atoms with Gasteiger partial charge in [0.15, 0.2) is 0 Å². The zero-order valence-electron chi connectivity index (χ0n) is 24.2. The number of rotatable bonds is 26. The van der Waals surface area contributed by atoms with Crippen LogP contribution in [0.15, 0.2) is 0 Å². The maximum atomic E-state index is 4.79. The molecule has 1 aromatic rings. The molecule has 0 aliphatic carbocycles. The molecule has 35 heavy (non-hydrogen) atoms. The summed E-state index contributed by atoms with van der Waals surface area (Å²) in [5.41, 5.74) is 0. The van der Waals surface area contributed by atoms with Crippen molar-refractivity contribution in [2.45, 2.75) is 188 Å². The molecule has 0 aliphatic heterocycles. The van der Waals surface area contributed by atoms with E-state index in [2.05, 4.69) is 23.8 Å². The molecule has 0 aliphatic rings. The molecule has 3 nitrogen and oxygen atoms in total. The van der Waals surface area contributed by atoms with Gasteiger partial charge in [-0.05, 0) is 19.8 Å².